The highest BCUT2D eigenvalue weighted by atomic mass is 15.1. The molecule has 1 aromatic carbocycles. The second kappa shape index (κ2) is 4.89. The number of aryl methyl sites for hydroxylation is 1. The molecule has 0 spiro atoms. The van der Waals surface area contributed by atoms with Crippen molar-refractivity contribution in [3.63, 3.8) is 0 Å². The second-order valence-electron chi connectivity index (χ2n) is 5.43. The van der Waals surface area contributed by atoms with Crippen molar-refractivity contribution in [2.45, 2.75) is 32.7 Å². The van der Waals surface area contributed by atoms with Gasteiger partial charge in [-0.2, -0.15) is 5.26 Å². The second-order valence-corrected chi connectivity index (χ2v) is 5.43. The molecule has 1 saturated carbocycles. The SMILES string of the molecule is Cc1ccccc1CN(C)CC1(CC#N)CC1. The molecular formula is C15H20N2. The van der Waals surface area contributed by atoms with Crippen LogP contribution in [0.3, 0.4) is 0 Å². The Morgan fingerprint density at radius 2 is 2.06 bits per heavy atom. The van der Waals surface area contributed by atoms with Crippen molar-refractivity contribution >= 4 is 0 Å². The van der Waals surface area contributed by atoms with Crippen molar-refractivity contribution in [3.05, 3.63) is 35.4 Å². The topological polar surface area (TPSA) is 27.0 Å². The Bertz CT molecular complexity index is 427. The summed E-state index contributed by atoms with van der Waals surface area (Å²) in [7, 11) is 2.16. The molecule has 2 nitrogen and oxygen atoms in total. The van der Waals surface area contributed by atoms with Crippen LogP contribution in [0.4, 0.5) is 0 Å². The molecule has 90 valence electrons. The molecule has 0 N–H and O–H groups in total. The van der Waals surface area contributed by atoms with E-state index in [4.69, 9.17) is 5.26 Å². The molecule has 17 heavy (non-hydrogen) atoms. The van der Waals surface area contributed by atoms with Crippen LogP contribution >= 0.6 is 0 Å². The summed E-state index contributed by atoms with van der Waals surface area (Å²) in [5.74, 6) is 0. The van der Waals surface area contributed by atoms with Crippen molar-refractivity contribution in [3.8, 4) is 6.07 Å². The van der Waals surface area contributed by atoms with Gasteiger partial charge in [-0.15, -0.1) is 0 Å². The molecular weight excluding hydrogens is 208 g/mol. The predicted octanol–water partition coefficient (Wildman–Crippen LogP) is 3.12. The van der Waals surface area contributed by atoms with Crippen molar-refractivity contribution < 1.29 is 0 Å². The van der Waals surface area contributed by atoms with E-state index < -0.39 is 0 Å². The molecule has 0 unspecified atom stereocenters. The summed E-state index contributed by atoms with van der Waals surface area (Å²) in [6.45, 7) is 4.19. The van der Waals surface area contributed by atoms with Gasteiger partial charge in [0.1, 0.15) is 0 Å². The minimum atomic E-state index is 0.312. The Labute approximate surface area is 104 Å². The summed E-state index contributed by atoms with van der Waals surface area (Å²) in [6.07, 6.45) is 3.16. The van der Waals surface area contributed by atoms with E-state index in [2.05, 4.69) is 49.2 Å². The van der Waals surface area contributed by atoms with Crippen molar-refractivity contribution in [1.29, 1.82) is 5.26 Å². The van der Waals surface area contributed by atoms with Gasteiger partial charge in [0.15, 0.2) is 0 Å². The van der Waals surface area contributed by atoms with Gasteiger partial charge in [0.25, 0.3) is 0 Å². The van der Waals surface area contributed by atoms with Gasteiger partial charge in [-0.3, -0.25) is 0 Å². The van der Waals surface area contributed by atoms with E-state index in [1.165, 1.54) is 24.0 Å². The molecule has 0 heterocycles. The zero-order valence-electron chi connectivity index (χ0n) is 10.7. The van der Waals surface area contributed by atoms with Gasteiger partial charge in [0.05, 0.1) is 6.07 Å². The van der Waals surface area contributed by atoms with Gasteiger partial charge in [-0.05, 0) is 43.4 Å². The predicted molar refractivity (Wildman–Crippen MR) is 69.4 cm³/mol. The molecule has 0 aromatic heterocycles. The summed E-state index contributed by atoms with van der Waals surface area (Å²) >= 11 is 0. The van der Waals surface area contributed by atoms with Crippen LogP contribution in [0.15, 0.2) is 24.3 Å². The van der Waals surface area contributed by atoms with Crippen LogP contribution in [0.1, 0.15) is 30.4 Å². The monoisotopic (exact) mass is 228 g/mol. The lowest BCUT2D eigenvalue weighted by Gasteiger charge is -2.22. The fourth-order valence-electron chi connectivity index (χ4n) is 2.44. The average molecular weight is 228 g/mol. The van der Waals surface area contributed by atoms with Crippen LogP contribution in [0, 0.1) is 23.7 Å². The van der Waals surface area contributed by atoms with Gasteiger partial charge in [0, 0.05) is 19.5 Å². The van der Waals surface area contributed by atoms with Gasteiger partial charge < -0.3 is 4.90 Å². The van der Waals surface area contributed by atoms with E-state index in [1.54, 1.807) is 0 Å². The Kier molecular flexibility index (Phi) is 3.49. The Morgan fingerprint density at radius 1 is 1.35 bits per heavy atom. The minimum absolute atomic E-state index is 0.312. The van der Waals surface area contributed by atoms with Crippen LogP contribution in [0.25, 0.3) is 0 Å². The fraction of sp³-hybridized carbons (Fsp3) is 0.533. The molecule has 1 fully saturated rings. The normalized spacial score (nSPS) is 16.8. The van der Waals surface area contributed by atoms with E-state index in [1.807, 2.05) is 0 Å². The molecule has 2 heteroatoms. The van der Waals surface area contributed by atoms with Crippen molar-refractivity contribution in [1.82, 2.24) is 4.90 Å². The highest BCUT2D eigenvalue weighted by Gasteiger charge is 2.42. The van der Waals surface area contributed by atoms with E-state index in [0.29, 0.717) is 11.8 Å². The molecule has 0 radical (unpaired) electrons. The first-order chi connectivity index (χ1) is 8.15. The number of hydrogen-bond acceptors (Lipinski definition) is 2. The maximum Gasteiger partial charge on any atom is 0.0628 e. The lowest BCUT2D eigenvalue weighted by atomic mass is 10.0. The van der Waals surface area contributed by atoms with Gasteiger partial charge >= 0.3 is 0 Å². The maximum atomic E-state index is 8.82. The van der Waals surface area contributed by atoms with Crippen LogP contribution in [0.2, 0.25) is 0 Å². The first-order valence-corrected chi connectivity index (χ1v) is 6.25. The van der Waals surface area contributed by atoms with Gasteiger partial charge in [-0.25, -0.2) is 0 Å². The van der Waals surface area contributed by atoms with E-state index in [-0.39, 0.29) is 0 Å². The molecule has 0 amide bonds. The Morgan fingerprint density at radius 3 is 2.65 bits per heavy atom. The summed E-state index contributed by atoms with van der Waals surface area (Å²) < 4.78 is 0. The molecule has 1 aliphatic rings. The quantitative estimate of drug-likeness (QED) is 0.774. The summed E-state index contributed by atoms with van der Waals surface area (Å²) in [5, 5.41) is 8.82. The Hall–Kier alpha value is -1.33. The molecule has 2 rings (SSSR count). The van der Waals surface area contributed by atoms with Crippen molar-refractivity contribution in [2.75, 3.05) is 13.6 Å². The number of nitriles is 1. The zero-order valence-corrected chi connectivity index (χ0v) is 10.7. The van der Waals surface area contributed by atoms with Crippen molar-refractivity contribution in [2.24, 2.45) is 5.41 Å². The molecule has 1 aromatic rings. The smallest absolute Gasteiger partial charge is 0.0628 e. The number of benzene rings is 1. The van der Waals surface area contributed by atoms with E-state index in [0.717, 1.165) is 13.1 Å². The van der Waals surface area contributed by atoms with Gasteiger partial charge in [-0.1, -0.05) is 24.3 Å². The van der Waals surface area contributed by atoms with E-state index >= 15 is 0 Å². The third-order valence-corrected chi connectivity index (χ3v) is 3.72. The highest BCUT2D eigenvalue weighted by Crippen LogP contribution is 2.49. The van der Waals surface area contributed by atoms with Gasteiger partial charge in [0.2, 0.25) is 0 Å². The first-order valence-electron chi connectivity index (χ1n) is 6.25. The summed E-state index contributed by atoms with van der Waals surface area (Å²) in [5.41, 5.74) is 3.05. The fourth-order valence-corrected chi connectivity index (χ4v) is 2.44. The third kappa shape index (κ3) is 3.08. The van der Waals surface area contributed by atoms with Crippen LogP contribution in [0.5, 0.6) is 0 Å². The molecule has 1 aliphatic carbocycles. The molecule has 0 saturated heterocycles. The van der Waals surface area contributed by atoms with Crippen LogP contribution in [-0.2, 0) is 6.54 Å². The molecule has 0 bridgehead atoms. The maximum absolute atomic E-state index is 8.82. The standard InChI is InChI=1S/C15H20N2/c1-13-5-3-4-6-14(13)11-17(2)12-15(7-8-15)9-10-16/h3-6H,7-9,11-12H2,1-2H3. The van der Waals surface area contributed by atoms with Crippen LogP contribution < -0.4 is 0 Å². The minimum Gasteiger partial charge on any atom is -0.302 e. The first kappa shape index (κ1) is 12.1. The third-order valence-electron chi connectivity index (χ3n) is 3.72. The number of rotatable bonds is 5. The van der Waals surface area contributed by atoms with E-state index in [9.17, 15) is 0 Å². The molecule has 0 atom stereocenters. The summed E-state index contributed by atoms with van der Waals surface area (Å²) in [6, 6.07) is 10.8. The lowest BCUT2D eigenvalue weighted by molar-refractivity contribution is 0.257. The zero-order chi connectivity index (χ0) is 12.3. The lowest BCUT2D eigenvalue weighted by Crippen LogP contribution is -2.26. The average Bonchev–Trinajstić information content (AvgIpc) is 3.02. The Balaban J connectivity index is 1.92. The summed E-state index contributed by atoms with van der Waals surface area (Å²) in [4.78, 5) is 2.35. The number of hydrogen-bond donors (Lipinski definition) is 0. The number of nitrogens with zero attached hydrogens (tertiary/aromatic N) is 2. The highest BCUT2D eigenvalue weighted by molar-refractivity contribution is 5.25. The molecule has 0 aliphatic heterocycles. The van der Waals surface area contributed by atoms with Crippen LogP contribution in [-0.4, -0.2) is 18.5 Å². The largest absolute Gasteiger partial charge is 0.302 e.